The van der Waals surface area contributed by atoms with Crippen molar-refractivity contribution in [2.75, 3.05) is 20.6 Å². The number of rotatable bonds is 5. The molecule has 1 aromatic rings. The molecule has 1 aliphatic rings. The molecular formula is C16H27N3. The van der Waals surface area contributed by atoms with Gasteiger partial charge in [-0.25, -0.2) is 0 Å². The van der Waals surface area contributed by atoms with Gasteiger partial charge >= 0.3 is 0 Å². The minimum Gasteiger partial charge on any atom is -0.307 e. The maximum Gasteiger partial charge on any atom is 0.0570 e. The predicted molar refractivity (Wildman–Crippen MR) is 80.2 cm³/mol. The van der Waals surface area contributed by atoms with Crippen LogP contribution in [0.1, 0.15) is 50.8 Å². The van der Waals surface area contributed by atoms with E-state index in [1.165, 1.54) is 32.1 Å². The second-order valence-corrected chi connectivity index (χ2v) is 6.04. The highest BCUT2D eigenvalue weighted by atomic mass is 15.2. The Balaban J connectivity index is 1.95. The summed E-state index contributed by atoms with van der Waals surface area (Å²) < 4.78 is 0. The first kappa shape index (κ1) is 14.5. The fourth-order valence-corrected chi connectivity index (χ4v) is 3.07. The van der Waals surface area contributed by atoms with Crippen LogP contribution in [0.15, 0.2) is 24.4 Å². The van der Waals surface area contributed by atoms with E-state index in [-0.39, 0.29) is 0 Å². The van der Waals surface area contributed by atoms with Gasteiger partial charge in [-0.15, -0.1) is 0 Å². The molecule has 0 aromatic carbocycles. The Morgan fingerprint density at radius 2 is 2.00 bits per heavy atom. The lowest BCUT2D eigenvalue weighted by molar-refractivity contribution is 0.0957. The van der Waals surface area contributed by atoms with Crippen molar-refractivity contribution < 1.29 is 0 Å². The van der Waals surface area contributed by atoms with Crippen LogP contribution in [0.4, 0.5) is 0 Å². The van der Waals surface area contributed by atoms with Crippen LogP contribution in [0.25, 0.3) is 0 Å². The molecule has 1 atom stereocenters. The maximum atomic E-state index is 4.43. The Labute approximate surface area is 117 Å². The predicted octanol–water partition coefficient (Wildman–Crippen LogP) is 3.00. The van der Waals surface area contributed by atoms with Gasteiger partial charge in [0.1, 0.15) is 0 Å². The van der Waals surface area contributed by atoms with Gasteiger partial charge in [-0.3, -0.25) is 4.98 Å². The minimum atomic E-state index is 0.319. The van der Waals surface area contributed by atoms with Crippen LogP contribution in [0, 0.1) is 0 Å². The van der Waals surface area contributed by atoms with E-state index in [1.54, 1.807) is 0 Å². The van der Waals surface area contributed by atoms with Crippen LogP contribution >= 0.6 is 0 Å². The minimum absolute atomic E-state index is 0.319. The van der Waals surface area contributed by atoms with E-state index in [0.29, 0.717) is 11.6 Å². The summed E-state index contributed by atoms with van der Waals surface area (Å²) in [6.07, 6.45) is 8.60. The quantitative estimate of drug-likeness (QED) is 0.883. The Hall–Kier alpha value is -0.930. The van der Waals surface area contributed by atoms with Gasteiger partial charge in [0.15, 0.2) is 0 Å². The molecule has 1 N–H and O–H groups in total. The van der Waals surface area contributed by atoms with E-state index in [4.69, 9.17) is 0 Å². The third kappa shape index (κ3) is 3.54. The zero-order chi connectivity index (χ0) is 13.7. The van der Waals surface area contributed by atoms with E-state index in [2.05, 4.69) is 48.4 Å². The topological polar surface area (TPSA) is 28.2 Å². The highest BCUT2D eigenvalue weighted by molar-refractivity contribution is 5.08. The molecule has 1 heterocycles. The Morgan fingerprint density at radius 1 is 1.26 bits per heavy atom. The molecule has 0 radical (unpaired) electrons. The first-order valence-electron chi connectivity index (χ1n) is 7.46. The summed E-state index contributed by atoms with van der Waals surface area (Å²) >= 11 is 0. The Morgan fingerprint density at radius 3 is 2.58 bits per heavy atom. The average molecular weight is 261 g/mol. The largest absolute Gasteiger partial charge is 0.307 e. The summed E-state index contributed by atoms with van der Waals surface area (Å²) in [6.45, 7) is 3.26. The average Bonchev–Trinajstić information content (AvgIpc) is 2.46. The summed E-state index contributed by atoms with van der Waals surface area (Å²) in [7, 11) is 4.44. The molecule has 0 spiro atoms. The summed E-state index contributed by atoms with van der Waals surface area (Å²) in [5.74, 6) is 0. The van der Waals surface area contributed by atoms with Crippen LogP contribution in [0.2, 0.25) is 0 Å². The summed E-state index contributed by atoms with van der Waals surface area (Å²) in [6, 6.07) is 6.45. The van der Waals surface area contributed by atoms with Crippen molar-refractivity contribution in [1.82, 2.24) is 15.2 Å². The van der Waals surface area contributed by atoms with Crippen molar-refractivity contribution in [2.24, 2.45) is 0 Å². The maximum absolute atomic E-state index is 4.43. The van der Waals surface area contributed by atoms with Gasteiger partial charge in [-0.05, 0) is 46.0 Å². The molecule has 0 amide bonds. The molecule has 3 nitrogen and oxygen atoms in total. The number of nitrogens with zero attached hydrogens (tertiary/aromatic N) is 2. The van der Waals surface area contributed by atoms with Crippen LogP contribution < -0.4 is 5.32 Å². The van der Waals surface area contributed by atoms with Crippen LogP contribution in [0.5, 0.6) is 0 Å². The van der Waals surface area contributed by atoms with E-state index < -0.39 is 0 Å². The molecule has 1 aliphatic carbocycles. The SMILES string of the molecule is CC(NCC1(N(C)C)CCCCC1)c1ccccn1. The third-order valence-electron chi connectivity index (χ3n) is 4.60. The first-order chi connectivity index (χ1) is 9.14. The van der Waals surface area contributed by atoms with Gasteiger partial charge in [0.05, 0.1) is 5.69 Å². The van der Waals surface area contributed by atoms with Gasteiger partial charge in [0.25, 0.3) is 0 Å². The number of likely N-dealkylation sites (N-methyl/N-ethyl adjacent to an activating group) is 1. The van der Waals surface area contributed by atoms with E-state index in [0.717, 1.165) is 12.2 Å². The fourth-order valence-electron chi connectivity index (χ4n) is 3.07. The van der Waals surface area contributed by atoms with Crippen LogP contribution in [0.3, 0.4) is 0 Å². The highest BCUT2D eigenvalue weighted by Crippen LogP contribution is 2.32. The van der Waals surface area contributed by atoms with Crippen molar-refractivity contribution in [3.05, 3.63) is 30.1 Å². The summed E-state index contributed by atoms with van der Waals surface area (Å²) in [5.41, 5.74) is 1.47. The number of hydrogen-bond acceptors (Lipinski definition) is 3. The van der Waals surface area contributed by atoms with Gasteiger partial charge < -0.3 is 10.2 Å². The monoisotopic (exact) mass is 261 g/mol. The van der Waals surface area contributed by atoms with E-state index >= 15 is 0 Å². The molecule has 106 valence electrons. The summed E-state index contributed by atoms with van der Waals surface area (Å²) in [5, 5.41) is 3.69. The Kier molecular flexibility index (Phi) is 4.94. The summed E-state index contributed by atoms with van der Waals surface area (Å²) in [4.78, 5) is 6.85. The molecule has 0 aliphatic heterocycles. The van der Waals surface area contributed by atoms with Crippen molar-refractivity contribution in [2.45, 2.75) is 50.6 Å². The number of aromatic nitrogens is 1. The lowest BCUT2D eigenvalue weighted by Gasteiger charge is -2.43. The molecular weight excluding hydrogens is 234 g/mol. The molecule has 2 rings (SSSR count). The molecule has 1 saturated carbocycles. The lowest BCUT2D eigenvalue weighted by atomic mass is 9.80. The molecule has 0 saturated heterocycles. The van der Waals surface area contributed by atoms with Crippen LogP contribution in [-0.2, 0) is 0 Å². The highest BCUT2D eigenvalue weighted by Gasteiger charge is 2.34. The van der Waals surface area contributed by atoms with Crippen molar-refractivity contribution in [3.8, 4) is 0 Å². The zero-order valence-corrected chi connectivity index (χ0v) is 12.5. The molecule has 1 aromatic heterocycles. The molecule has 1 unspecified atom stereocenters. The smallest absolute Gasteiger partial charge is 0.0570 e. The van der Waals surface area contributed by atoms with Crippen molar-refractivity contribution in [1.29, 1.82) is 0 Å². The lowest BCUT2D eigenvalue weighted by Crippen LogP contribution is -2.53. The number of pyridine rings is 1. The molecule has 19 heavy (non-hydrogen) atoms. The zero-order valence-electron chi connectivity index (χ0n) is 12.5. The molecule has 3 heteroatoms. The standard InChI is InChI=1S/C16H27N3/c1-14(15-9-5-8-12-17-15)18-13-16(19(2)3)10-6-4-7-11-16/h5,8-9,12,14,18H,4,6-7,10-11,13H2,1-3H3. The van der Waals surface area contributed by atoms with Gasteiger partial charge in [0.2, 0.25) is 0 Å². The molecule has 1 fully saturated rings. The number of hydrogen-bond donors (Lipinski definition) is 1. The second kappa shape index (κ2) is 6.49. The van der Waals surface area contributed by atoms with Crippen molar-refractivity contribution in [3.63, 3.8) is 0 Å². The molecule has 0 bridgehead atoms. The fraction of sp³-hybridized carbons (Fsp3) is 0.688. The van der Waals surface area contributed by atoms with Gasteiger partial charge in [0, 0.05) is 24.3 Å². The van der Waals surface area contributed by atoms with E-state index in [9.17, 15) is 0 Å². The number of nitrogens with one attached hydrogen (secondary N) is 1. The van der Waals surface area contributed by atoms with Gasteiger partial charge in [-0.1, -0.05) is 25.3 Å². The van der Waals surface area contributed by atoms with Crippen LogP contribution in [-0.4, -0.2) is 36.1 Å². The Bertz CT molecular complexity index is 369. The third-order valence-corrected chi connectivity index (χ3v) is 4.60. The first-order valence-corrected chi connectivity index (χ1v) is 7.46. The normalized spacial score (nSPS) is 20.4. The van der Waals surface area contributed by atoms with E-state index in [1.807, 2.05) is 12.3 Å². The van der Waals surface area contributed by atoms with Crippen molar-refractivity contribution >= 4 is 0 Å². The van der Waals surface area contributed by atoms with Gasteiger partial charge in [-0.2, -0.15) is 0 Å². The second-order valence-electron chi connectivity index (χ2n) is 6.04.